The van der Waals surface area contributed by atoms with Crippen LogP contribution in [-0.2, 0) is 16.1 Å². The average Bonchev–Trinajstić information content (AvgIpc) is 2.92. The van der Waals surface area contributed by atoms with Gasteiger partial charge >= 0.3 is 0 Å². The molecular formula is C22H21N3O4. The third-order valence-corrected chi connectivity index (χ3v) is 4.40. The van der Waals surface area contributed by atoms with Crippen molar-refractivity contribution in [1.29, 1.82) is 0 Å². The number of nitrogens with zero attached hydrogens (tertiary/aromatic N) is 1. The Morgan fingerprint density at radius 2 is 1.79 bits per heavy atom. The van der Waals surface area contributed by atoms with Crippen molar-refractivity contribution in [2.45, 2.75) is 26.4 Å². The highest BCUT2D eigenvalue weighted by Crippen LogP contribution is 2.32. The van der Waals surface area contributed by atoms with Crippen LogP contribution in [-0.4, -0.2) is 29.5 Å². The topological polar surface area (TPSA) is 95.6 Å². The summed E-state index contributed by atoms with van der Waals surface area (Å²) in [6.45, 7) is 7.34. The number of carbonyl (C=O) groups is 4. The van der Waals surface area contributed by atoms with Gasteiger partial charge in [-0.15, -0.1) is 0 Å². The van der Waals surface area contributed by atoms with Crippen LogP contribution in [0, 0.1) is 0 Å². The summed E-state index contributed by atoms with van der Waals surface area (Å²) < 4.78 is 0. The molecule has 0 atom stereocenters. The highest BCUT2D eigenvalue weighted by molar-refractivity contribution is 6.52. The van der Waals surface area contributed by atoms with Crippen LogP contribution in [0.4, 0.5) is 11.4 Å². The van der Waals surface area contributed by atoms with E-state index < -0.39 is 17.6 Å². The molecular weight excluding hydrogens is 370 g/mol. The summed E-state index contributed by atoms with van der Waals surface area (Å²) >= 11 is 0. The van der Waals surface area contributed by atoms with Crippen molar-refractivity contribution < 1.29 is 19.2 Å². The molecule has 29 heavy (non-hydrogen) atoms. The second-order valence-electron chi connectivity index (χ2n) is 6.97. The molecule has 3 rings (SSSR count). The first-order valence-corrected chi connectivity index (χ1v) is 9.13. The predicted molar refractivity (Wildman–Crippen MR) is 110 cm³/mol. The van der Waals surface area contributed by atoms with Crippen LogP contribution in [0.1, 0.15) is 40.1 Å². The van der Waals surface area contributed by atoms with Crippen molar-refractivity contribution in [2.24, 2.45) is 0 Å². The van der Waals surface area contributed by atoms with Gasteiger partial charge in [0, 0.05) is 17.3 Å². The summed E-state index contributed by atoms with van der Waals surface area (Å²) in [6.07, 6.45) is 1.12. The number of Topliss-reactive ketones (excluding diaryl/α,β-unsaturated/α-hetero) is 1. The van der Waals surface area contributed by atoms with Gasteiger partial charge < -0.3 is 15.5 Å². The maximum absolute atomic E-state index is 12.5. The molecule has 148 valence electrons. The predicted octanol–water partition coefficient (Wildman–Crippen LogP) is 2.68. The zero-order valence-corrected chi connectivity index (χ0v) is 16.2. The van der Waals surface area contributed by atoms with Gasteiger partial charge in [-0.25, -0.2) is 0 Å². The Balaban J connectivity index is 1.80. The zero-order chi connectivity index (χ0) is 21.1. The van der Waals surface area contributed by atoms with E-state index in [4.69, 9.17) is 0 Å². The molecule has 2 N–H and O–H groups in total. The Bertz CT molecular complexity index is 1010. The van der Waals surface area contributed by atoms with E-state index in [1.54, 1.807) is 36.4 Å². The van der Waals surface area contributed by atoms with Gasteiger partial charge in [0.1, 0.15) is 0 Å². The number of nitrogens with one attached hydrogen (secondary N) is 2. The molecule has 7 heteroatoms. The summed E-state index contributed by atoms with van der Waals surface area (Å²) in [6, 6.07) is 11.6. The number of rotatable bonds is 6. The molecule has 0 spiro atoms. The number of fused-ring (bicyclic) bond motifs is 1. The Hall–Kier alpha value is -3.74. The smallest absolute Gasteiger partial charge is 0.299 e. The summed E-state index contributed by atoms with van der Waals surface area (Å²) in [4.78, 5) is 49.7. The van der Waals surface area contributed by atoms with Crippen LogP contribution >= 0.6 is 0 Å². The molecule has 0 saturated heterocycles. The van der Waals surface area contributed by atoms with E-state index in [-0.39, 0.29) is 24.1 Å². The molecule has 2 aromatic carbocycles. The summed E-state index contributed by atoms with van der Waals surface area (Å²) in [7, 11) is 0. The quantitative estimate of drug-likeness (QED) is 0.585. The second kappa shape index (κ2) is 8.10. The third kappa shape index (κ3) is 4.24. The van der Waals surface area contributed by atoms with Gasteiger partial charge in [0.15, 0.2) is 0 Å². The van der Waals surface area contributed by atoms with Crippen LogP contribution in [0.2, 0.25) is 0 Å². The standard InChI is InChI=1S/C22H21N3O4/c1-4-19(26)24-16-9-10-18-17(11-16)20(27)22(29)25(18)12-14-5-7-15(8-6-14)21(28)23-13(2)3/h4-11,13H,1,12H2,2-3H3,(H,23,28)(H,24,26). The number of hydrogen-bond donors (Lipinski definition) is 2. The highest BCUT2D eigenvalue weighted by atomic mass is 16.2. The molecule has 0 fully saturated rings. The molecule has 0 aromatic heterocycles. The fourth-order valence-electron chi connectivity index (χ4n) is 3.02. The average molecular weight is 391 g/mol. The molecule has 0 radical (unpaired) electrons. The summed E-state index contributed by atoms with van der Waals surface area (Å²) in [5.74, 6) is -1.82. The van der Waals surface area contributed by atoms with E-state index in [1.807, 2.05) is 13.8 Å². The lowest BCUT2D eigenvalue weighted by atomic mass is 10.1. The first-order valence-electron chi connectivity index (χ1n) is 9.13. The fraction of sp³-hybridized carbons (Fsp3) is 0.182. The number of ketones is 1. The fourth-order valence-corrected chi connectivity index (χ4v) is 3.02. The normalized spacial score (nSPS) is 12.7. The van der Waals surface area contributed by atoms with E-state index >= 15 is 0 Å². The summed E-state index contributed by atoms with van der Waals surface area (Å²) in [5, 5.41) is 5.39. The number of hydrogen-bond acceptors (Lipinski definition) is 4. The second-order valence-corrected chi connectivity index (χ2v) is 6.97. The molecule has 7 nitrogen and oxygen atoms in total. The van der Waals surface area contributed by atoms with Crippen LogP contribution < -0.4 is 15.5 Å². The number of benzene rings is 2. The minimum absolute atomic E-state index is 0.0352. The van der Waals surface area contributed by atoms with E-state index in [9.17, 15) is 19.2 Å². The van der Waals surface area contributed by atoms with E-state index in [1.165, 1.54) is 11.0 Å². The molecule has 2 aromatic rings. The summed E-state index contributed by atoms with van der Waals surface area (Å²) in [5.41, 5.74) is 2.44. The Kier molecular flexibility index (Phi) is 5.59. The van der Waals surface area contributed by atoms with Crippen molar-refractivity contribution in [3.05, 3.63) is 71.8 Å². The van der Waals surface area contributed by atoms with Crippen molar-refractivity contribution >= 4 is 34.9 Å². The van der Waals surface area contributed by atoms with Crippen LogP contribution in [0.5, 0.6) is 0 Å². The molecule has 1 heterocycles. The SMILES string of the molecule is C=CC(=O)Nc1ccc2c(c1)C(=O)C(=O)N2Cc1ccc(C(=O)NC(C)C)cc1. The number of carbonyl (C=O) groups excluding carboxylic acids is 4. The van der Waals surface area contributed by atoms with E-state index in [0.29, 0.717) is 16.9 Å². The van der Waals surface area contributed by atoms with Gasteiger partial charge in [-0.2, -0.15) is 0 Å². The molecule has 0 aliphatic carbocycles. The molecule has 3 amide bonds. The monoisotopic (exact) mass is 391 g/mol. The third-order valence-electron chi connectivity index (χ3n) is 4.40. The Morgan fingerprint density at radius 3 is 2.41 bits per heavy atom. The first-order chi connectivity index (χ1) is 13.8. The van der Waals surface area contributed by atoms with Crippen LogP contribution in [0.25, 0.3) is 0 Å². The minimum atomic E-state index is -0.631. The molecule has 1 aliphatic rings. The van der Waals surface area contributed by atoms with E-state index in [2.05, 4.69) is 17.2 Å². The minimum Gasteiger partial charge on any atom is -0.350 e. The first kappa shape index (κ1) is 20.0. The molecule has 0 bridgehead atoms. The zero-order valence-electron chi connectivity index (χ0n) is 16.2. The molecule has 0 saturated carbocycles. The van der Waals surface area contributed by atoms with Crippen molar-refractivity contribution in [3.8, 4) is 0 Å². The van der Waals surface area contributed by atoms with Crippen molar-refractivity contribution in [3.63, 3.8) is 0 Å². The van der Waals surface area contributed by atoms with E-state index in [0.717, 1.165) is 11.6 Å². The maximum Gasteiger partial charge on any atom is 0.299 e. The Labute approximate surface area is 168 Å². The highest BCUT2D eigenvalue weighted by Gasteiger charge is 2.36. The van der Waals surface area contributed by atoms with Gasteiger partial charge in [0.25, 0.3) is 17.6 Å². The van der Waals surface area contributed by atoms with Crippen molar-refractivity contribution in [2.75, 3.05) is 10.2 Å². The molecule has 0 unspecified atom stereocenters. The van der Waals surface area contributed by atoms with Gasteiger partial charge in [-0.1, -0.05) is 18.7 Å². The van der Waals surface area contributed by atoms with Crippen LogP contribution in [0.3, 0.4) is 0 Å². The number of anilines is 2. The van der Waals surface area contributed by atoms with Crippen LogP contribution in [0.15, 0.2) is 55.1 Å². The van der Waals surface area contributed by atoms with Crippen molar-refractivity contribution in [1.82, 2.24) is 5.32 Å². The Morgan fingerprint density at radius 1 is 1.10 bits per heavy atom. The van der Waals surface area contributed by atoms with Gasteiger partial charge in [0.05, 0.1) is 17.8 Å². The lowest BCUT2D eigenvalue weighted by Crippen LogP contribution is -2.30. The molecule has 1 aliphatic heterocycles. The maximum atomic E-state index is 12.5. The number of amides is 3. The largest absolute Gasteiger partial charge is 0.350 e. The lowest BCUT2D eigenvalue weighted by Gasteiger charge is -2.17. The van der Waals surface area contributed by atoms with Gasteiger partial charge in [-0.05, 0) is 55.8 Å². The van der Waals surface area contributed by atoms with Gasteiger partial charge in [0.2, 0.25) is 5.91 Å². The lowest BCUT2D eigenvalue weighted by molar-refractivity contribution is -0.114. The van der Waals surface area contributed by atoms with Gasteiger partial charge in [-0.3, -0.25) is 19.2 Å².